The summed E-state index contributed by atoms with van der Waals surface area (Å²) in [5, 5.41) is 3.76. The molecule has 0 aromatic heterocycles. The molecule has 138 valence electrons. The fourth-order valence-electron chi connectivity index (χ4n) is 4.84. The van der Waals surface area contributed by atoms with Crippen LogP contribution in [0.2, 0.25) is 0 Å². The van der Waals surface area contributed by atoms with Crippen molar-refractivity contribution in [3.8, 4) is 0 Å². The number of fused-ring (bicyclic) bond motifs is 1. The first-order valence-electron chi connectivity index (χ1n) is 9.55. The van der Waals surface area contributed by atoms with Crippen LogP contribution in [0.15, 0.2) is 0 Å². The standard InChI is InChI=1S/C19H34N2O3/c1-18(2,3)24-17(22)21-11-6-7-13(21)8-10-20-15-14-9-12-23-16(14)19(15,4)5/h13-16,20H,6-12H2,1-5H3. The van der Waals surface area contributed by atoms with E-state index in [1.54, 1.807) is 0 Å². The Labute approximate surface area is 146 Å². The van der Waals surface area contributed by atoms with E-state index in [2.05, 4.69) is 19.2 Å². The monoisotopic (exact) mass is 338 g/mol. The van der Waals surface area contributed by atoms with Crippen LogP contribution < -0.4 is 5.32 Å². The van der Waals surface area contributed by atoms with Gasteiger partial charge >= 0.3 is 6.09 Å². The number of hydrogen-bond acceptors (Lipinski definition) is 4. The van der Waals surface area contributed by atoms with Crippen molar-refractivity contribution < 1.29 is 14.3 Å². The van der Waals surface area contributed by atoms with Gasteiger partial charge < -0.3 is 19.7 Å². The molecule has 0 aromatic carbocycles. The third kappa shape index (κ3) is 3.43. The van der Waals surface area contributed by atoms with Gasteiger partial charge in [0, 0.05) is 36.6 Å². The zero-order valence-corrected chi connectivity index (χ0v) is 15.9. The molecule has 24 heavy (non-hydrogen) atoms. The van der Waals surface area contributed by atoms with Crippen LogP contribution in [-0.2, 0) is 9.47 Å². The van der Waals surface area contributed by atoms with Gasteiger partial charge in [0.2, 0.25) is 0 Å². The summed E-state index contributed by atoms with van der Waals surface area (Å²) in [5.74, 6) is 0.672. The molecular weight excluding hydrogens is 304 g/mol. The Morgan fingerprint density at radius 1 is 1.33 bits per heavy atom. The number of ether oxygens (including phenoxy) is 2. The molecular formula is C19H34N2O3. The van der Waals surface area contributed by atoms with Crippen LogP contribution in [0.1, 0.15) is 60.3 Å². The summed E-state index contributed by atoms with van der Waals surface area (Å²) in [7, 11) is 0. The van der Waals surface area contributed by atoms with E-state index in [0.717, 1.165) is 39.0 Å². The fourth-order valence-corrected chi connectivity index (χ4v) is 4.84. The quantitative estimate of drug-likeness (QED) is 0.855. The van der Waals surface area contributed by atoms with Crippen LogP contribution >= 0.6 is 0 Å². The minimum Gasteiger partial charge on any atom is -0.444 e. The molecule has 3 rings (SSSR count). The van der Waals surface area contributed by atoms with Crippen LogP contribution in [0.3, 0.4) is 0 Å². The molecule has 0 aromatic rings. The number of nitrogens with one attached hydrogen (secondary N) is 1. The molecule has 1 aliphatic carbocycles. The van der Waals surface area contributed by atoms with Crippen LogP contribution in [0.25, 0.3) is 0 Å². The maximum atomic E-state index is 12.4. The van der Waals surface area contributed by atoms with Gasteiger partial charge in [-0.25, -0.2) is 4.79 Å². The first-order valence-corrected chi connectivity index (χ1v) is 9.55. The lowest BCUT2D eigenvalue weighted by Crippen LogP contribution is -2.66. The molecule has 2 aliphatic heterocycles. The average molecular weight is 338 g/mol. The van der Waals surface area contributed by atoms with Gasteiger partial charge in [0.1, 0.15) is 5.60 Å². The van der Waals surface area contributed by atoms with Crippen molar-refractivity contribution in [3.63, 3.8) is 0 Å². The number of hydrogen-bond donors (Lipinski definition) is 1. The smallest absolute Gasteiger partial charge is 0.410 e. The van der Waals surface area contributed by atoms with Crippen molar-refractivity contribution in [2.45, 2.75) is 84.1 Å². The molecule has 0 radical (unpaired) electrons. The maximum absolute atomic E-state index is 12.4. The lowest BCUT2D eigenvalue weighted by Gasteiger charge is -2.55. The first-order chi connectivity index (χ1) is 11.2. The van der Waals surface area contributed by atoms with Crippen LogP contribution in [0.5, 0.6) is 0 Å². The fraction of sp³-hybridized carbons (Fsp3) is 0.947. The molecule has 2 heterocycles. The number of likely N-dealkylation sites (tertiary alicyclic amines) is 1. The molecule has 3 aliphatic rings. The molecule has 4 atom stereocenters. The SMILES string of the molecule is CC(C)(C)OC(=O)N1CCCC1CCNC1C2CCOC2C1(C)C. The molecule has 1 N–H and O–H groups in total. The molecule has 2 saturated heterocycles. The van der Waals surface area contributed by atoms with E-state index in [4.69, 9.17) is 9.47 Å². The van der Waals surface area contributed by atoms with Gasteiger partial charge in [-0.3, -0.25) is 0 Å². The summed E-state index contributed by atoms with van der Waals surface area (Å²) in [5.41, 5.74) is -0.197. The molecule has 1 amide bonds. The second kappa shape index (κ2) is 6.49. The summed E-state index contributed by atoms with van der Waals surface area (Å²) in [6.45, 7) is 13.1. The summed E-state index contributed by atoms with van der Waals surface area (Å²) >= 11 is 0. The summed E-state index contributed by atoms with van der Waals surface area (Å²) in [6, 6.07) is 0.854. The summed E-state index contributed by atoms with van der Waals surface area (Å²) < 4.78 is 11.4. The van der Waals surface area contributed by atoms with E-state index in [0.29, 0.717) is 24.1 Å². The number of carbonyl (C=O) groups is 1. The van der Waals surface area contributed by atoms with Crippen LogP contribution in [0, 0.1) is 11.3 Å². The molecule has 3 fully saturated rings. The predicted octanol–water partition coefficient (Wildman–Crippen LogP) is 3.18. The zero-order valence-electron chi connectivity index (χ0n) is 15.9. The molecule has 5 heteroatoms. The zero-order chi connectivity index (χ0) is 17.5. The molecule has 4 unspecified atom stereocenters. The van der Waals surface area contributed by atoms with E-state index in [9.17, 15) is 4.79 Å². The Kier molecular flexibility index (Phi) is 4.86. The second-order valence-electron chi connectivity index (χ2n) is 9.26. The highest BCUT2D eigenvalue weighted by molar-refractivity contribution is 5.68. The highest BCUT2D eigenvalue weighted by Crippen LogP contribution is 2.52. The topological polar surface area (TPSA) is 50.8 Å². The van der Waals surface area contributed by atoms with E-state index >= 15 is 0 Å². The second-order valence-corrected chi connectivity index (χ2v) is 9.26. The lowest BCUT2D eigenvalue weighted by atomic mass is 9.57. The maximum Gasteiger partial charge on any atom is 0.410 e. The normalized spacial score (nSPS) is 34.8. The Morgan fingerprint density at radius 3 is 2.79 bits per heavy atom. The molecule has 0 bridgehead atoms. The summed E-state index contributed by atoms with van der Waals surface area (Å²) in [4.78, 5) is 14.3. The predicted molar refractivity (Wildman–Crippen MR) is 94.0 cm³/mol. The van der Waals surface area contributed by atoms with Crippen LogP contribution in [-0.4, -0.2) is 54.5 Å². The Balaban J connectivity index is 1.47. The molecule has 0 spiro atoms. The highest BCUT2D eigenvalue weighted by Gasteiger charge is 2.58. The number of carbonyl (C=O) groups excluding carboxylic acids is 1. The van der Waals surface area contributed by atoms with E-state index in [1.165, 1.54) is 6.42 Å². The lowest BCUT2D eigenvalue weighted by molar-refractivity contribution is -0.112. The number of nitrogens with zero attached hydrogens (tertiary/aromatic N) is 1. The van der Waals surface area contributed by atoms with E-state index < -0.39 is 5.60 Å². The van der Waals surface area contributed by atoms with Gasteiger partial charge in [0.25, 0.3) is 0 Å². The van der Waals surface area contributed by atoms with Crippen molar-refractivity contribution in [1.82, 2.24) is 10.2 Å². The van der Waals surface area contributed by atoms with Crippen molar-refractivity contribution in [3.05, 3.63) is 0 Å². The Hall–Kier alpha value is -0.810. The Morgan fingerprint density at radius 2 is 2.08 bits per heavy atom. The minimum atomic E-state index is -0.421. The third-order valence-electron chi connectivity index (χ3n) is 5.95. The first kappa shape index (κ1) is 18.0. The van der Waals surface area contributed by atoms with E-state index in [-0.39, 0.29) is 11.5 Å². The molecule has 5 nitrogen and oxygen atoms in total. The van der Waals surface area contributed by atoms with Crippen molar-refractivity contribution in [2.24, 2.45) is 11.3 Å². The van der Waals surface area contributed by atoms with Gasteiger partial charge in [0.15, 0.2) is 0 Å². The largest absolute Gasteiger partial charge is 0.444 e. The average Bonchev–Trinajstić information content (AvgIpc) is 3.09. The van der Waals surface area contributed by atoms with Gasteiger partial charge in [0.05, 0.1) is 6.10 Å². The van der Waals surface area contributed by atoms with E-state index in [1.807, 2.05) is 25.7 Å². The highest BCUT2D eigenvalue weighted by atomic mass is 16.6. The number of amides is 1. The third-order valence-corrected chi connectivity index (χ3v) is 5.95. The van der Waals surface area contributed by atoms with Gasteiger partial charge in [-0.1, -0.05) is 13.8 Å². The number of rotatable bonds is 4. The van der Waals surface area contributed by atoms with Gasteiger partial charge in [-0.15, -0.1) is 0 Å². The van der Waals surface area contributed by atoms with Gasteiger partial charge in [-0.05, 0) is 53.0 Å². The minimum absolute atomic E-state index is 0.154. The summed E-state index contributed by atoms with van der Waals surface area (Å²) in [6.07, 6.45) is 4.63. The molecule has 1 saturated carbocycles. The van der Waals surface area contributed by atoms with Crippen LogP contribution in [0.4, 0.5) is 4.79 Å². The van der Waals surface area contributed by atoms with Crippen molar-refractivity contribution in [2.75, 3.05) is 19.7 Å². The Bertz CT molecular complexity index is 472. The van der Waals surface area contributed by atoms with Crippen molar-refractivity contribution in [1.29, 1.82) is 0 Å². The van der Waals surface area contributed by atoms with Gasteiger partial charge in [-0.2, -0.15) is 0 Å². The van der Waals surface area contributed by atoms with Crippen molar-refractivity contribution >= 4 is 6.09 Å².